The zero-order chi connectivity index (χ0) is 15.6. The highest BCUT2D eigenvalue weighted by Gasteiger charge is 2.44. The summed E-state index contributed by atoms with van der Waals surface area (Å²) in [5, 5.41) is 2.99. The first kappa shape index (κ1) is 14.7. The molecule has 1 amide bonds. The van der Waals surface area contributed by atoms with Crippen molar-refractivity contribution < 1.29 is 9.18 Å². The number of carbonyl (C=O) groups excluding carboxylic acids is 1. The van der Waals surface area contributed by atoms with Crippen LogP contribution in [0.5, 0.6) is 0 Å². The lowest BCUT2D eigenvalue weighted by Gasteiger charge is -2.16. The Kier molecular flexibility index (Phi) is 3.94. The van der Waals surface area contributed by atoms with Gasteiger partial charge in [-0.1, -0.05) is 24.3 Å². The van der Waals surface area contributed by atoms with Crippen molar-refractivity contribution in [2.45, 2.75) is 24.8 Å². The molecule has 3 rings (SSSR count). The van der Waals surface area contributed by atoms with Gasteiger partial charge < -0.3 is 11.1 Å². The van der Waals surface area contributed by atoms with Crippen molar-refractivity contribution in [3.8, 4) is 0 Å². The van der Waals surface area contributed by atoms with Crippen LogP contribution in [-0.4, -0.2) is 12.5 Å². The summed E-state index contributed by atoms with van der Waals surface area (Å²) >= 11 is 0. The number of hydrogen-bond acceptors (Lipinski definition) is 2. The number of halogens is 1. The number of hydrogen-bond donors (Lipinski definition) is 2. The van der Waals surface area contributed by atoms with E-state index in [1.165, 1.54) is 12.1 Å². The smallest absolute Gasteiger partial charge is 0.251 e. The molecular formula is C18H19FN2O. The Balaban J connectivity index is 1.64. The summed E-state index contributed by atoms with van der Waals surface area (Å²) in [4.78, 5) is 12.2. The highest BCUT2D eigenvalue weighted by molar-refractivity contribution is 5.94. The predicted molar refractivity (Wildman–Crippen MR) is 84.0 cm³/mol. The van der Waals surface area contributed by atoms with Crippen LogP contribution in [0.15, 0.2) is 48.5 Å². The zero-order valence-electron chi connectivity index (χ0n) is 12.3. The largest absolute Gasteiger partial charge is 0.351 e. The molecule has 0 aromatic heterocycles. The highest BCUT2D eigenvalue weighted by atomic mass is 19.1. The fourth-order valence-corrected chi connectivity index (χ4v) is 2.67. The fraction of sp³-hybridized carbons (Fsp3) is 0.278. The monoisotopic (exact) mass is 298 g/mol. The molecule has 2 aromatic rings. The molecule has 0 bridgehead atoms. The summed E-state index contributed by atoms with van der Waals surface area (Å²) in [6.07, 6.45) is 2.04. The molecule has 114 valence electrons. The van der Waals surface area contributed by atoms with Crippen LogP contribution >= 0.6 is 0 Å². The lowest BCUT2D eigenvalue weighted by Crippen LogP contribution is -2.32. The van der Waals surface area contributed by atoms with E-state index in [-0.39, 0.29) is 17.1 Å². The first-order chi connectivity index (χ1) is 10.6. The summed E-state index contributed by atoms with van der Waals surface area (Å²) in [7, 11) is 0. The van der Waals surface area contributed by atoms with Crippen LogP contribution in [-0.2, 0) is 12.0 Å². The van der Waals surface area contributed by atoms with Gasteiger partial charge in [0.15, 0.2) is 0 Å². The van der Waals surface area contributed by atoms with E-state index in [0.717, 1.165) is 24.0 Å². The normalized spacial score (nSPS) is 15.4. The molecule has 1 aliphatic carbocycles. The molecule has 22 heavy (non-hydrogen) atoms. The van der Waals surface area contributed by atoms with Crippen LogP contribution in [0.25, 0.3) is 0 Å². The second-order valence-electron chi connectivity index (χ2n) is 5.87. The van der Waals surface area contributed by atoms with Gasteiger partial charge in [-0.2, -0.15) is 0 Å². The van der Waals surface area contributed by atoms with Crippen molar-refractivity contribution in [1.29, 1.82) is 0 Å². The molecule has 0 heterocycles. The molecule has 1 fully saturated rings. The Morgan fingerprint density at radius 2 is 1.73 bits per heavy atom. The minimum absolute atomic E-state index is 0.0272. The Morgan fingerprint density at radius 3 is 2.27 bits per heavy atom. The van der Waals surface area contributed by atoms with E-state index in [0.29, 0.717) is 18.7 Å². The Labute approximate surface area is 129 Å². The Hall–Kier alpha value is -2.20. The third-order valence-corrected chi connectivity index (χ3v) is 4.35. The van der Waals surface area contributed by atoms with Crippen LogP contribution in [0.4, 0.5) is 4.39 Å². The van der Waals surface area contributed by atoms with E-state index in [1.807, 2.05) is 24.3 Å². The maximum absolute atomic E-state index is 13.0. The maximum atomic E-state index is 13.0. The van der Waals surface area contributed by atoms with Crippen molar-refractivity contribution in [3.63, 3.8) is 0 Å². The number of nitrogens with one attached hydrogen (secondary N) is 1. The molecule has 0 atom stereocenters. The van der Waals surface area contributed by atoms with E-state index in [4.69, 9.17) is 5.73 Å². The summed E-state index contributed by atoms with van der Waals surface area (Å²) in [6.45, 7) is 1.05. The lowest BCUT2D eigenvalue weighted by molar-refractivity contribution is 0.0949. The molecule has 1 saturated carbocycles. The SMILES string of the molecule is NCc1ccc(C(=O)NCC2(c3ccc(F)cc3)CC2)cc1. The number of carbonyl (C=O) groups is 1. The van der Waals surface area contributed by atoms with Gasteiger partial charge >= 0.3 is 0 Å². The number of amides is 1. The molecule has 3 nitrogen and oxygen atoms in total. The van der Waals surface area contributed by atoms with Gasteiger partial charge in [0.25, 0.3) is 5.91 Å². The topological polar surface area (TPSA) is 55.1 Å². The van der Waals surface area contributed by atoms with E-state index in [1.54, 1.807) is 12.1 Å². The van der Waals surface area contributed by atoms with Gasteiger partial charge in [0.1, 0.15) is 5.82 Å². The first-order valence-corrected chi connectivity index (χ1v) is 7.46. The molecule has 3 N–H and O–H groups in total. The molecule has 0 saturated heterocycles. The van der Waals surface area contributed by atoms with E-state index in [9.17, 15) is 9.18 Å². The van der Waals surface area contributed by atoms with Gasteiger partial charge in [0.2, 0.25) is 0 Å². The summed E-state index contributed by atoms with van der Waals surface area (Å²) < 4.78 is 13.0. The zero-order valence-corrected chi connectivity index (χ0v) is 12.3. The van der Waals surface area contributed by atoms with Crippen LogP contribution < -0.4 is 11.1 Å². The van der Waals surface area contributed by atoms with E-state index in [2.05, 4.69) is 5.32 Å². The van der Waals surface area contributed by atoms with Crippen molar-refractivity contribution in [2.75, 3.05) is 6.54 Å². The summed E-state index contributed by atoms with van der Waals surface area (Å²) in [5.41, 5.74) is 8.24. The van der Waals surface area contributed by atoms with Gasteiger partial charge in [-0.3, -0.25) is 4.79 Å². The molecule has 4 heteroatoms. The van der Waals surface area contributed by atoms with Crippen molar-refractivity contribution in [3.05, 3.63) is 71.0 Å². The minimum atomic E-state index is -0.233. The number of rotatable bonds is 5. The molecule has 0 radical (unpaired) electrons. The molecule has 0 aliphatic heterocycles. The number of benzene rings is 2. The molecule has 0 unspecified atom stereocenters. The number of nitrogens with two attached hydrogens (primary N) is 1. The highest BCUT2D eigenvalue weighted by Crippen LogP contribution is 2.47. The van der Waals surface area contributed by atoms with Crippen LogP contribution in [0.1, 0.15) is 34.3 Å². The molecular weight excluding hydrogens is 279 g/mol. The van der Waals surface area contributed by atoms with Crippen LogP contribution in [0, 0.1) is 5.82 Å². The standard InChI is InChI=1S/C18H19FN2O/c19-16-7-5-15(6-8-16)18(9-10-18)12-21-17(22)14-3-1-13(11-20)2-4-14/h1-8H,9-12,20H2,(H,21,22). The minimum Gasteiger partial charge on any atom is -0.351 e. The van der Waals surface area contributed by atoms with Gasteiger partial charge in [-0.05, 0) is 48.2 Å². The Bertz CT molecular complexity index is 660. The quantitative estimate of drug-likeness (QED) is 0.892. The first-order valence-electron chi connectivity index (χ1n) is 7.46. The van der Waals surface area contributed by atoms with Gasteiger partial charge in [0, 0.05) is 24.1 Å². The molecule has 2 aromatic carbocycles. The molecule has 0 spiro atoms. The second-order valence-corrected chi connectivity index (χ2v) is 5.87. The van der Waals surface area contributed by atoms with Gasteiger partial charge in [-0.15, -0.1) is 0 Å². The third-order valence-electron chi connectivity index (χ3n) is 4.35. The lowest BCUT2D eigenvalue weighted by atomic mass is 9.96. The van der Waals surface area contributed by atoms with Crippen molar-refractivity contribution >= 4 is 5.91 Å². The third kappa shape index (κ3) is 3.02. The van der Waals surface area contributed by atoms with Gasteiger partial charge in [0.05, 0.1) is 0 Å². The Morgan fingerprint density at radius 1 is 1.09 bits per heavy atom. The maximum Gasteiger partial charge on any atom is 0.251 e. The summed E-state index contributed by atoms with van der Waals surface area (Å²) in [6, 6.07) is 13.9. The van der Waals surface area contributed by atoms with E-state index < -0.39 is 0 Å². The predicted octanol–water partition coefficient (Wildman–Crippen LogP) is 2.75. The fourth-order valence-electron chi connectivity index (χ4n) is 2.67. The summed E-state index contributed by atoms with van der Waals surface area (Å²) in [5.74, 6) is -0.319. The van der Waals surface area contributed by atoms with Gasteiger partial charge in [-0.25, -0.2) is 4.39 Å². The van der Waals surface area contributed by atoms with Crippen LogP contribution in [0.2, 0.25) is 0 Å². The second kappa shape index (κ2) is 5.89. The van der Waals surface area contributed by atoms with Crippen molar-refractivity contribution in [2.24, 2.45) is 5.73 Å². The van der Waals surface area contributed by atoms with E-state index >= 15 is 0 Å². The average Bonchev–Trinajstić information content (AvgIpc) is 3.34. The van der Waals surface area contributed by atoms with Crippen LogP contribution in [0.3, 0.4) is 0 Å². The van der Waals surface area contributed by atoms with Crippen molar-refractivity contribution in [1.82, 2.24) is 5.32 Å². The average molecular weight is 298 g/mol. The molecule has 1 aliphatic rings.